The van der Waals surface area contributed by atoms with E-state index in [2.05, 4.69) is 10.2 Å². The molecule has 6 rings (SSSR count). The number of benzene rings is 3. The minimum atomic E-state index is -0.952. The molecule has 278 valence electrons. The average molecular weight is 761 g/mol. The number of nitrogens with zero attached hydrogens (tertiary/aromatic N) is 4. The number of nitrogens with one attached hydrogen (secondary N) is 1. The van der Waals surface area contributed by atoms with Gasteiger partial charge in [-0.3, -0.25) is 4.79 Å². The summed E-state index contributed by atoms with van der Waals surface area (Å²) in [4.78, 5) is 46.9. The van der Waals surface area contributed by atoms with Crippen LogP contribution in [0.2, 0.25) is 10.0 Å². The number of anilines is 1. The molecule has 0 spiro atoms. The lowest BCUT2D eigenvalue weighted by Gasteiger charge is -2.29. The van der Waals surface area contributed by atoms with Crippen molar-refractivity contribution >= 4 is 47.0 Å². The molecule has 3 heterocycles. The van der Waals surface area contributed by atoms with Crippen LogP contribution < -0.4 is 15.0 Å². The van der Waals surface area contributed by atoms with Crippen molar-refractivity contribution in [2.75, 3.05) is 38.7 Å². The van der Waals surface area contributed by atoms with Crippen molar-refractivity contribution < 1.29 is 29.0 Å². The van der Waals surface area contributed by atoms with Crippen LogP contribution in [-0.2, 0) is 22.6 Å². The molecule has 1 atom stereocenters. The van der Waals surface area contributed by atoms with Gasteiger partial charge in [0, 0.05) is 72.6 Å². The maximum absolute atomic E-state index is 13.3. The van der Waals surface area contributed by atoms with E-state index in [1.54, 1.807) is 4.90 Å². The molecule has 53 heavy (non-hydrogen) atoms. The lowest BCUT2D eigenvalue weighted by Crippen LogP contribution is -2.43. The van der Waals surface area contributed by atoms with Crippen LogP contribution in [-0.4, -0.2) is 83.4 Å². The topological polar surface area (TPSA) is 125 Å². The van der Waals surface area contributed by atoms with Crippen LogP contribution >= 0.6 is 23.2 Å². The zero-order valence-corrected chi connectivity index (χ0v) is 31.9. The van der Waals surface area contributed by atoms with Crippen molar-refractivity contribution in [3.05, 3.63) is 87.9 Å². The van der Waals surface area contributed by atoms with Gasteiger partial charge < -0.3 is 34.6 Å². The number of ether oxygens (including phenoxy) is 2. The number of pyridine rings is 1. The number of hydrogen-bond acceptors (Lipinski definition) is 7. The van der Waals surface area contributed by atoms with E-state index in [-0.39, 0.29) is 31.6 Å². The molecule has 1 unspecified atom stereocenters. The molecule has 4 aromatic rings. The number of carboxylic acid groups (broad SMARTS) is 1. The molecule has 2 aliphatic rings. The molecule has 11 nitrogen and oxygen atoms in total. The zero-order chi connectivity index (χ0) is 38.0. The molecule has 2 N–H and O–H groups in total. The Hall–Kier alpha value is -5.00. The van der Waals surface area contributed by atoms with Gasteiger partial charge in [0.15, 0.2) is 0 Å². The third-order valence-corrected chi connectivity index (χ3v) is 10.2. The van der Waals surface area contributed by atoms with Gasteiger partial charge in [-0.25, -0.2) is 14.6 Å². The van der Waals surface area contributed by atoms with E-state index in [4.69, 9.17) is 37.7 Å². The second kappa shape index (κ2) is 15.5. The van der Waals surface area contributed by atoms with Crippen LogP contribution in [0.1, 0.15) is 44.7 Å². The van der Waals surface area contributed by atoms with Gasteiger partial charge in [0.05, 0.1) is 35.9 Å². The summed E-state index contributed by atoms with van der Waals surface area (Å²) in [6, 6.07) is 20.9. The van der Waals surface area contributed by atoms with Crippen LogP contribution in [0.4, 0.5) is 15.3 Å². The molecule has 0 bridgehead atoms. The van der Waals surface area contributed by atoms with Crippen LogP contribution in [0, 0.1) is 0 Å². The number of likely N-dealkylation sites (N-methyl/N-ethyl adjacent to an activating group) is 1. The SMILES string of the molecule is COc1nc(-c2cccc(-c3cccc(-c4ccc5c(c4)CN(C(=O)O)CCN5C)c3Cl)c2Cl)ccc1CN(CC1CCC(=O)N1)C(=O)OC(C)(C)C. The fourth-order valence-electron chi connectivity index (χ4n) is 6.72. The second-order valence-electron chi connectivity index (χ2n) is 14.3. The molecule has 1 aromatic heterocycles. The Morgan fingerprint density at radius 2 is 1.66 bits per heavy atom. The Labute approximate surface area is 319 Å². The maximum Gasteiger partial charge on any atom is 0.410 e. The summed E-state index contributed by atoms with van der Waals surface area (Å²) in [5, 5.41) is 13.6. The summed E-state index contributed by atoms with van der Waals surface area (Å²) < 4.78 is 11.4. The number of fused-ring (bicyclic) bond motifs is 1. The summed E-state index contributed by atoms with van der Waals surface area (Å²) in [6.07, 6.45) is -0.405. The number of hydrogen-bond donors (Lipinski definition) is 2. The standard InChI is InChI=1S/C40H43Cl2N5O6/c1-40(2,3)53-39(51)47(23-27-14-17-34(48)43-27)21-25-12-15-32(44-37(25)52-5)31-11-7-10-30(36(31)42)29-9-6-8-28(35(29)41)24-13-16-33-26(20-24)22-46(38(49)50)19-18-45(33)4/h6-13,15-16,20,27H,14,17-19,21-23H2,1-5H3,(H,43,48)(H,49,50). The lowest BCUT2D eigenvalue weighted by atomic mass is 9.95. The smallest absolute Gasteiger partial charge is 0.410 e. The van der Waals surface area contributed by atoms with E-state index < -0.39 is 17.8 Å². The molecule has 13 heteroatoms. The molecule has 3 aromatic carbocycles. The summed E-state index contributed by atoms with van der Waals surface area (Å²) in [7, 11) is 3.48. The fraction of sp³-hybridized carbons (Fsp3) is 0.350. The predicted octanol–water partition coefficient (Wildman–Crippen LogP) is 8.34. The van der Waals surface area contributed by atoms with Crippen LogP contribution in [0.25, 0.3) is 33.5 Å². The number of carbonyl (C=O) groups is 3. The fourth-order valence-corrected chi connectivity index (χ4v) is 7.39. The third kappa shape index (κ3) is 8.47. The number of rotatable bonds is 8. The minimum Gasteiger partial charge on any atom is -0.481 e. The highest BCUT2D eigenvalue weighted by atomic mass is 35.5. The largest absolute Gasteiger partial charge is 0.481 e. The molecule has 0 radical (unpaired) electrons. The summed E-state index contributed by atoms with van der Waals surface area (Å²) >= 11 is 14.3. The maximum atomic E-state index is 13.3. The molecule has 1 fully saturated rings. The molecule has 0 saturated carbocycles. The Bertz CT molecular complexity index is 2050. The van der Waals surface area contributed by atoms with Crippen LogP contribution in [0.5, 0.6) is 5.88 Å². The van der Waals surface area contributed by atoms with Gasteiger partial charge in [-0.1, -0.05) is 65.7 Å². The molecule has 0 aliphatic carbocycles. The molecular formula is C40H43Cl2N5O6. The van der Waals surface area contributed by atoms with E-state index in [0.717, 1.165) is 27.9 Å². The predicted molar refractivity (Wildman–Crippen MR) is 207 cm³/mol. The lowest BCUT2D eigenvalue weighted by molar-refractivity contribution is -0.119. The Kier molecular flexibility index (Phi) is 11.1. The van der Waals surface area contributed by atoms with E-state index in [9.17, 15) is 19.5 Å². The van der Waals surface area contributed by atoms with Gasteiger partial charge in [-0.2, -0.15) is 0 Å². The monoisotopic (exact) mass is 759 g/mol. The molecule has 1 saturated heterocycles. The van der Waals surface area contributed by atoms with Crippen molar-refractivity contribution in [2.45, 2.75) is 58.3 Å². The van der Waals surface area contributed by atoms with Crippen molar-refractivity contribution in [2.24, 2.45) is 0 Å². The number of aromatic nitrogens is 1. The van der Waals surface area contributed by atoms with E-state index in [1.165, 1.54) is 12.0 Å². The van der Waals surface area contributed by atoms with Gasteiger partial charge in [0.1, 0.15) is 5.60 Å². The number of methoxy groups -OCH3 is 1. The molecule has 2 aliphatic heterocycles. The second-order valence-corrected chi connectivity index (χ2v) is 15.1. The average Bonchev–Trinajstić information content (AvgIpc) is 3.45. The van der Waals surface area contributed by atoms with Crippen LogP contribution in [0.3, 0.4) is 0 Å². The Morgan fingerprint density at radius 3 is 2.30 bits per heavy atom. The highest BCUT2D eigenvalue weighted by Gasteiger charge is 2.30. The van der Waals surface area contributed by atoms with Gasteiger partial charge in [0.2, 0.25) is 11.8 Å². The van der Waals surface area contributed by atoms with Gasteiger partial charge >= 0.3 is 12.2 Å². The van der Waals surface area contributed by atoms with Crippen LogP contribution in [0.15, 0.2) is 66.7 Å². The first-order valence-corrected chi connectivity index (χ1v) is 18.2. The van der Waals surface area contributed by atoms with E-state index >= 15 is 0 Å². The minimum absolute atomic E-state index is 0.0362. The molecule has 3 amide bonds. The highest BCUT2D eigenvalue weighted by molar-refractivity contribution is 6.39. The van der Waals surface area contributed by atoms with Gasteiger partial charge in [-0.15, -0.1) is 0 Å². The number of halogens is 2. The first-order valence-electron chi connectivity index (χ1n) is 17.4. The summed E-state index contributed by atoms with van der Waals surface area (Å²) in [5.41, 5.74) is 6.15. The highest BCUT2D eigenvalue weighted by Crippen LogP contribution is 2.43. The zero-order valence-electron chi connectivity index (χ0n) is 30.4. The van der Waals surface area contributed by atoms with Crippen molar-refractivity contribution in [3.8, 4) is 39.4 Å². The van der Waals surface area contributed by atoms with E-state index in [1.807, 2.05) is 94.5 Å². The van der Waals surface area contributed by atoms with Gasteiger partial charge in [-0.05, 0) is 62.6 Å². The van der Waals surface area contributed by atoms with Crippen molar-refractivity contribution in [1.29, 1.82) is 0 Å². The summed E-state index contributed by atoms with van der Waals surface area (Å²) in [5.74, 6) is 0.286. The number of amides is 3. The Balaban J connectivity index is 1.30. The van der Waals surface area contributed by atoms with Crippen molar-refractivity contribution in [3.63, 3.8) is 0 Å². The number of carbonyl (C=O) groups excluding carboxylic acids is 2. The quantitative estimate of drug-likeness (QED) is 0.184. The molecular weight excluding hydrogens is 717 g/mol. The first-order chi connectivity index (χ1) is 25.2. The third-order valence-electron chi connectivity index (χ3n) is 9.37. The summed E-state index contributed by atoms with van der Waals surface area (Å²) in [6.45, 7) is 7.15. The van der Waals surface area contributed by atoms with Gasteiger partial charge in [0.25, 0.3) is 0 Å². The Morgan fingerprint density at radius 1 is 0.981 bits per heavy atom. The van der Waals surface area contributed by atoms with Crippen molar-refractivity contribution in [1.82, 2.24) is 20.1 Å². The first kappa shape index (κ1) is 37.7. The normalized spacial score (nSPS) is 15.8. The van der Waals surface area contributed by atoms with E-state index in [0.29, 0.717) is 64.2 Å².